The van der Waals surface area contributed by atoms with Gasteiger partial charge in [0.25, 0.3) is 0 Å². The maximum Gasteiger partial charge on any atom is 0.306 e. The summed E-state index contributed by atoms with van der Waals surface area (Å²) in [4.78, 5) is 48.7. The number of benzene rings is 2. The number of carbonyl (C=O) groups excluding carboxylic acids is 2. The Hall–Kier alpha value is -4.24. The quantitative estimate of drug-likeness (QED) is 0.141. The highest BCUT2D eigenvalue weighted by atomic mass is 35.5. The lowest BCUT2D eigenvalue weighted by atomic mass is 10.0. The van der Waals surface area contributed by atoms with Gasteiger partial charge >= 0.3 is 11.9 Å². The van der Waals surface area contributed by atoms with Gasteiger partial charge in [0.1, 0.15) is 5.02 Å². The summed E-state index contributed by atoms with van der Waals surface area (Å²) in [5.41, 5.74) is -0.220. The van der Waals surface area contributed by atoms with Crippen molar-refractivity contribution in [1.82, 2.24) is 4.90 Å². The maximum atomic E-state index is 15.6. The summed E-state index contributed by atoms with van der Waals surface area (Å²) in [7, 11) is 2.37. The van der Waals surface area contributed by atoms with Gasteiger partial charge in [-0.25, -0.2) is 13.2 Å². The molecule has 0 unspecified atom stereocenters. The van der Waals surface area contributed by atoms with Crippen LogP contribution in [0.4, 0.5) is 13.2 Å². The molecule has 0 spiro atoms. The smallest absolute Gasteiger partial charge is 0.306 e. The largest absolute Gasteiger partial charge is 0.491 e. The van der Waals surface area contributed by atoms with Gasteiger partial charge in [-0.3, -0.25) is 19.2 Å². The summed E-state index contributed by atoms with van der Waals surface area (Å²) >= 11 is 7.35. The van der Waals surface area contributed by atoms with Crippen molar-refractivity contribution >= 4 is 56.7 Å². The molecule has 0 aliphatic carbocycles. The third kappa shape index (κ3) is 7.20. The first-order valence-electron chi connectivity index (χ1n) is 14.3. The van der Waals surface area contributed by atoms with Gasteiger partial charge in [-0.05, 0) is 6.07 Å². The van der Waals surface area contributed by atoms with Crippen LogP contribution in [0.3, 0.4) is 0 Å². The van der Waals surface area contributed by atoms with Gasteiger partial charge < -0.3 is 34.1 Å². The monoisotopic (exact) mass is 701 g/mol. The molecular weight excluding hydrogens is 671 g/mol. The van der Waals surface area contributed by atoms with Crippen molar-refractivity contribution in [2.75, 3.05) is 27.4 Å². The van der Waals surface area contributed by atoms with Crippen molar-refractivity contribution in [3.05, 3.63) is 44.5 Å². The summed E-state index contributed by atoms with van der Waals surface area (Å²) in [6.45, 7) is 1.76. The highest BCUT2D eigenvalue weighted by molar-refractivity contribution is 7.21. The van der Waals surface area contributed by atoms with Crippen molar-refractivity contribution < 1.29 is 61.5 Å². The molecule has 2 atom stereocenters. The third-order valence-corrected chi connectivity index (χ3v) is 9.27. The molecule has 0 saturated heterocycles. The Morgan fingerprint density at radius 2 is 1.36 bits per heavy atom. The van der Waals surface area contributed by atoms with E-state index in [0.717, 1.165) is 23.3 Å². The number of methoxy groups -OCH3 is 2. The van der Waals surface area contributed by atoms with Crippen molar-refractivity contribution in [1.29, 1.82) is 0 Å². The van der Waals surface area contributed by atoms with Crippen LogP contribution in [0.15, 0.2) is 6.07 Å². The molecule has 4 rings (SSSR count). The van der Waals surface area contributed by atoms with Gasteiger partial charge in [0.2, 0.25) is 11.7 Å². The Labute approximate surface area is 275 Å². The van der Waals surface area contributed by atoms with Gasteiger partial charge in [-0.1, -0.05) is 25.4 Å². The first-order valence-corrected chi connectivity index (χ1v) is 15.5. The number of carbonyl (C=O) groups is 4. The molecule has 0 bridgehead atoms. The molecule has 0 fully saturated rings. The molecule has 47 heavy (non-hydrogen) atoms. The molecule has 16 heteroatoms. The fourth-order valence-electron chi connectivity index (χ4n) is 4.94. The highest BCUT2D eigenvalue weighted by Gasteiger charge is 2.35. The SMILES string of the molecule is COc1c(F)c2c(c(F)c1OCCCOc1c(OC)c(Cl)c3sc(C(=O)C[C@H](C)C(=O)O)cc3c1F)CN(C(=O)C[C@H](C)C(=O)O)C2. The minimum absolute atomic E-state index is 0.0177. The van der Waals surface area contributed by atoms with E-state index in [1.165, 1.54) is 27.0 Å². The molecule has 0 saturated carbocycles. The van der Waals surface area contributed by atoms with Gasteiger partial charge in [0.15, 0.2) is 40.5 Å². The van der Waals surface area contributed by atoms with Gasteiger partial charge in [0, 0.05) is 48.9 Å². The number of amides is 1. The zero-order valence-electron chi connectivity index (χ0n) is 25.7. The average Bonchev–Trinajstić information content (AvgIpc) is 3.68. The number of thiophene rings is 1. The Morgan fingerprint density at radius 1 is 0.851 bits per heavy atom. The van der Waals surface area contributed by atoms with Crippen LogP contribution in [-0.4, -0.2) is 66.2 Å². The van der Waals surface area contributed by atoms with Crippen LogP contribution in [0.1, 0.15) is 53.9 Å². The molecule has 11 nitrogen and oxygen atoms in total. The average molecular weight is 702 g/mol. The standard InChI is InChI=1S/C31H31ClF3NO10S/c1-13(30(39)40)8-18(37)19-10-15-22(33)27(25(43-3)21(32)29(15)47-19)45-6-5-7-46-28-24(35)17-12-36(20(38)9-14(2)31(41)42)11-16(17)23(34)26(28)44-4/h10,13-14H,5-9,11-12H2,1-4H3,(H,39,40)(H,41,42)/t13-,14-/m0/s1. The number of fused-ring (bicyclic) bond motifs is 2. The molecular formula is C31H31ClF3NO10S. The van der Waals surface area contributed by atoms with E-state index in [4.69, 9.17) is 40.8 Å². The predicted octanol–water partition coefficient (Wildman–Crippen LogP) is 6.08. The first-order chi connectivity index (χ1) is 22.2. The number of hydrogen-bond donors (Lipinski definition) is 2. The van der Waals surface area contributed by atoms with Crippen molar-refractivity contribution in [3.8, 4) is 23.0 Å². The second kappa shape index (κ2) is 14.7. The molecule has 3 aromatic rings. The van der Waals surface area contributed by atoms with Gasteiger partial charge in [0.05, 0.1) is 48.8 Å². The number of carboxylic acids is 2. The van der Waals surface area contributed by atoms with E-state index in [-0.39, 0.29) is 88.2 Å². The van der Waals surface area contributed by atoms with Crippen LogP contribution in [0.25, 0.3) is 10.1 Å². The van der Waals surface area contributed by atoms with Gasteiger partial charge in [-0.2, -0.15) is 0 Å². The van der Waals surface area contributed by atoms with Crippen LogP contribution in [0, 0.1) is 29.3 Å². The number of ketones is 1. The van der Waals surface area contributed by atoms with Crippen LogP contribution in [0.2, 0.25) is 5.02 Å². The molecule has 1 aliphatic heterocycles. The molecule has 0 radical (unpaired) electrons. The topological polar surface area (TPSA) is 149 Å². The number of aliphatic carboxylic acids is 2. The Morgan fingerprint density at radius 3 is 1.89 bits per heavy atom. The molecule has 2 heterocycles. The number of nitrogens with zero attached hydrogens (tertiary/aromatic N) is 1. The second-order valence-electron chi connectivity index (χ2n) is 10.9. The number of ether oxygens (including phenoxy) is 4. The zero-order chi connectivity index (χ0) is 34.7. The predicted molar refractivity (Wildman–Crippen MR) is 163 cm³/mol. The van der Waals surface area contributed by atoms with E-state index in [2.05, 4.69) is 0 Å². The molecule has 254 valence electrons. The van der Waals surface area contributed by atoms with E-state index < -0.39 is 64.4 Å². The lowest BCUT2D eigenvalue weighted by Gasteiger charge is -2.16. The molecule has 1 amide bonds. The van der Waals surface area contributed by atoms with Crippen LogP contribution in [0.5, 0.6) is 23.0 Å². The second-order valence-corrected chi connectivity index (χ2v) is 12.3. The summed E-state index contributed by atoms with van der Waals surface area (Å²) in [5, 5.41) is 18.2. The van der Waals surface area contributed by atoms with Crippen molar-refractivity contribution in [3.63, 3.8) is 0 Å². The molecule has 2 aromatic carbocycles. The zero-order valence-corrected chi connectivity index (χ0v) is 27.3. The normalized spacial score (nSPS) is 13.7. The van der Waals surface area contributed by atoms with Crippen LogP contribution >= 0.6 is 22.9 Å². The molecule has 1 aliphatic rings. The molecule has 1 aromatic heterocycles. The number of Topliss-reactive ketones (excluding diaryl/α,β-unsaturated/α-hetero) is 1. The minimum atomic E-state index is -1.17. The lowest BCUT2D eigenvalue weighted by molar-refractivity contribution is -0.145. The summed E-state index contributed by atoms with van der Waals surface area (Å²) in [6, 6.07) is 1.27. The van der Waals surface area contributed by atoms with Crippen molar-refractivity contribution in [2.24, 2.45) is 11.8 Å². The highest BCUT2D eigenvalue weighted by Crippen LogP contribution is 2.47. The van der Waals surface area contributed by atoms with E-state index in [1.807, 2.05) is 0 Å². The number of hydrogen-bond acceptors (Lipinski definition) is 9. The summed E-state index contributed by atoms with van der Waals surface area (Å²) < 4.78 is 68.2. The first kappa shape index (κ1) is 35.6. The number of halogens is 4. The summed E-state index contributed by atoms with van der Waals surface area (Å²) in [6.07, 6.45) is -0.587. The van der Waals surface area contributed by atoms with E-state index in [9.17, 15) is 19.2 Å². The molecule has 2 N–H and O–H groups in total. The van der Waals surface area contributed by atoms with E-state index in [1.54, 1.807) is 0 Å². The Kier molecular flexibility index (Phi) is 11.1. The lowest BCUT2D eigenvalue weighted by Crippen LogP contribution is -2.28. The van der Waals surface area contributed by atoms with E-state index in [0.29, 0.717) is 0 Å². The fourth-order valence-corrected chi connectivity index (χ4v) is 6.35. The maximum absolute atomic E-state index is 15.6. The van der Waals surface area contributed by atoms with E-state index >= 15 is 13.2 Å². The number of carboxylic acid groups (broad SMARTS) is 2. The minimum Gasteiger partial charge on any atom is -0.491 e. The third-order valence-electron chi connectivity index (χ3n) is 7.60. The number of rotatable bonds is 15. The fraction of sp³-hybridized carbons (Fsp3) is 0.419. The Bertz CT molecular complexity index is 1750. The van der Waals surface area contributed by atoms with Crippen LogP contribution in [-0.2, 0) is 27.5 Å². The Balaban J connectivity index is 1.46. The van der Waals surface area contributed by atoms with Crippen LogP contribution < -0.4 is 18.9 Å². The van der Waals surface area contributed by atoms with Gasteiger partial charge in [-0.15, -0.1) is 11.3 Å². The van der Waals surface area contributed by atoms with Crippen molar-refractivity contribution in [2.45, 2.75) is 46.2 Å². The summed E-state index contributed by atoms with van der Waals surface area (Å²) in [5.74, 6) is -9.56.